The molecule has 0 aliphatic carbocycles. The molecule has 0 unspecified atom stereocenters. The molecule has 2 aromatic rings. The number of aryl methyl sites for hydroxylation is 1. The fourth-order valence-electron chi connectivity index (χ4n) is 2.21. The number of hydrogen-bond donors (Lipinski definition) is 1. The molecule has 0 atom stereocenters. The molecule has 0 aromatic heterocycles. The Morgan fingerprint density at radius 1 is 1.10 bits per heavy atom. The average Bonchev–Trinajstić information content (AvgIpc) is 2.37. The molecule has 2 rings (SSSR count). The number of sulfonamides is 1. The van der Waals surface area contributed by atoms with Crippen LogP contribution in [0.4, 0.5) is 10.1 Å². The van der Waals surface area contributed by atoms with Gasteiger partial charge in [-0.1, -0.05) is 32.0 Å². The quantitative estimate of drug-likeness (QED) is 0.926. The molecule has 112 valence electrons. The maximum atomic E-state index is 13.1. The molecule has 0 amide bonds. The molecule has 0 aliphatic heterocycles. The molecule has 5 heteroatoms. The Morgan fingerprint density at radius 3 is 2.38 bits per heavy atom. The minimum atomic E-state index is -3.73. The minimum absolute atomic E-state index is 0.0856. The van der Waals surface area contributed by atoms with Crippen LogP contribution in [-0.2, 0) is 10.0 Å². The van der Waals surface area contributed by atoms with E-state index in [9.17, 15) is 12.8 Å². The van der Waals surface area contributed by atoms with Gasteiger partial charge in [0.25, 0.3) is 10.0 Å². The van der Waals surface area contributed by atoms with Gasteiger partial charge in [-0.05, 0) is 48.2 Å². The SMILES string of the molecule is Cc1cc(F)ccc1S(=O)(=O)Nc1ccccc1C(C)C. The third-order valence-corrected chi connectivity index (χ3v) is 4.78. The van der Waals surface area contributed by atoms with E-state index in [1.807, 2.05) is 26.0 Å². The van der Waals surface area contributed by atoms with Gasteiger partial charge in [-0.15, -0.1) is 0 Å². The van der Waals surface area contributed by atoms with E-state index in [0.29, 0.717) is 11.3 Å². The van der Waals surface area contributed by atoms with Crippen LogP contribution in [0, 0.1) is 12.7 Å². The molecule has 0 spiro atoms. The van der Waals surface area contributed by atoms with Crippen LogP contribution in [0.25, 0.3) is 0 Å². The van der Waals surface area contributed by atoms with Gasteiger partial charge >= 0.3 is 0 Å². The van der Waals surface area contributed by atoms with E-state index >= 15 is 0 Å². The van der Waals surface area contributed by atoms with Crippen LogP contribution < -0.4 is 4.72 Å². The summed E-state index contributed by atoms with van der Waals surface area (Å²) in [5, 5.41) is 0. The fourth-order valence-corrected chi connectivity index (χ4v) is 3.52. The molecule has 0 saturated heterocycles. The first kappa shape index (κ1) is 15.5. The maximum Gasteiger partial charge on any atom is 0.262 e. The Balaban J connectivity index is 2.43. The second-order valence-electron chi connectivity index (χ2n) is 5.26. The van der Waals surface area contributed by atoms with Crippen molar-refractivity contribution < 1.29 is 12.8 Å². The van der Waals surface area contributed by atoms with E-state index in [-0.39, 0.29) is 10.8 Å². The van der Waals surface area contributed by atoms with Crippen molar-refractivity contribution in [2.75, 3.05) is 4.72 Å². The average molecular weight is 307 g/mol. The van der Waals surface area contributed by atoms with Crippen LogP contribution in [0.2, 0.25) is 0 Å². The van der Waals surface area contributed by atoms with E-state index in [4.69, 9.17) is 0 Å². The van der Waals surface area contributed by atoms with Crippen LogP contribution >= 0.6 is 0 Å². The zero-order chi connectivity index (χ0) is 15.6. The summed E-state index contributed by atoms with van der Waals surface area (Å²) in [6.45, 7) is 5.57. The third-order valence-electron chi connectivity index (χ3n) is 3.25. The van der Waals surface area contributed by atoms with E-state index in [1.165, 1.54) is 12.1 Å². The highest BCUT2D eigenvalue weighted by Crippen LogP contribution is 2.27. The largest absolute Gasteiger partial charge is 0.279 e. The lowest BCUT2D eigenvalue weighted by molar-refractivity contribution is 0.598. The number of rotatable bonds is 4. The van der Waals surface area contributed by atoms with Crippen LogP contribution in [-0.4, -0.2) is 8.42 Å². The molecular weight excluding hydrogens is 289 g/mol. The Morgan fingerprint density at radius 2 is 1.76 bits per heavy atom. The first-order valence-corrected chi connectivity index (χ1v) is 8.17. The van der Waals surface area contributed by atoms with Crippen LogP contribution in [0.5, 0.6) is 0 Å². The van der Waals surface area contributed by atoms with E-state index in [0.717, 1.165) is 11.6 Å². The zero-order valence-corrected chi connectivity index (χ0v) is 13.0. The summed E-state index contributed by atoms with van der Waals surface area (Å²) in [5.74, 6) is -0.257. The van der Waals surface area contributed by atoms with Gasteiger partial charge in [-0.3, -0.25) is 4.72 Å². The summed E-state index contributed by atoms with van der Waals surface area (Å²) >= 11 is 0. The highest BCUT2D eigenvalue weighted by atomic mass is 32.2. The Kier molecular flexibility index (Phi) is 4.32. The van der Waals surface area contributed by atoms with E-state index < -0.39 is 15.8 Å². The Labute approximate surface area is 124 Å². The molecule has 21 heavy (non-hydrogen) atoms. The molecular formula is C16H18FNO2S. The van der Waals surface area contributed by atoms with Crippen molar-refractivity contribution in [1.29, 1.82) is 0 Å². The van der Waals surface area contributed by atoms with Gasteiger partial charge in [-0.25, -0.2) is 12.8 Å². The monoisotopic (exact) mass is 307 g/mol. The van der Waals surface area contributed by atoms with Gasteiger partial charge in [-0.2, -0.15) is 0 Å². The molecule has 3 nitrogen and oxygen atoms in total. The fraction of sp³-hybridized carbons (Fsp3) is 0.250. The van der Waals surface area contributed by atoms with Crippen LogP contribution in [0.1, 0.15) is 30.9 Å². The highest BCUT2D eigenvalue weighted by Gasteiger charge is 2.19. The summed E-state index contributed by atoms with van der Waals surface area (Å²) in [7, 11) is -3.73. The lowest BCUT2D eigenvalue weighted by atomic mass is 10.0. The molecule has 0 bridgehead atoms. The lowest BCUT2D eigenvalue weighted by Crippen LogP contribution is -2.15. The molecule has 0 heterocycles. The zero-order valence-electron chi connectivity index (χ0n) is 12.2. The van der Waals surface area contributed by atoms with Crippen molar-refractivity contribution in [2.45, 2.75) is 31.6 Å². The van der Waals surface area contributed by atoms with Crippen molar-refractivity contribution >= 4 is 15.7 Å². The Bertz CT molecular complexity index is 755. The first-order chi connectivity index (χ1) is 9.81. The smallest absolute Gasteiger partial charge is 0.262 e. The van der Waals surface area contributed by atoms with Crippen LogP contribution in [0.15, 0.2) is 47.4 Å². The molecule has 1 N–H and O–H groups in total. The van der Waals surface area contributed by atoms with Crippen LogP contribution in [0.3, 0.4) is 0 Å². The third kappa shape index (κ3) is 3.42. The van der Waals surface area contributed by atoms with Crippen molar-refractivity contribution in [3.05, 3.63) is 59.4 Å². The summed E-state index contributed by atoms with van der Waals surface area (Å²) in [4.78, 5) is 0.0856. The van der Waals surface area contributed by atoms with E-state index in [1.54, 1.807) is 19.1 Å². The van der Waals surface area contributed by atoms with Crippen molar-refractivity contribution in [2.24, 2.45) is 0 Å². The molecule has 2 aromatic carbocycles. The summed E-state index contributed by atoms with van der Waals surface area (Å²) in [6, 6.07) is 10.9. The summed E-state index contributed by atoms with van der Waals surface area (Å²) in [5.41, 5.74) is 1.85. The topological polar surface area (TPSA) is 46.2 Å². The maximum absolute atomic E-state index is 13.1. The number of anilines is 1. The first-order valence-electron chi connectivity index (χ1n) is 6.69. The normalized spacial score (nSPS) is 11.7. The van der Waals surface area contributed by atoms with Gasteiger partial charge < -0.3 is 0 Å². The number of hydrogen-bond acceptors (Lipinski definition) is 2. The van der Waals surface area contributed by atoms with Crippen molar-refractivity contribution in [3.8, 4) is 0 Å². The Hall–Kier alpha value is -1.88. The molecule has 0 radical (unpaired) electrons. The van der Waals surface area contributed by atoms with Gasteiger partial charge in [0, 0.05) is 0 Å². The number of para-hydroxylation sites is 1. The number of benzene rings is 2. The van der Waals surface area contributed by atoms with Gasteiger partial charge in [0.05, 0.1) is 10.6 Å². The number of halogens is 1. The second-order valence-corrected chi connectivity index (χ2v) is 6.91. The highest BCUT2D eigenvalue weighted by molar-refractivity contribution is 7.92. The second kappa shape index (κ2) is 5.85. The van der Waals surface area contributed by atoms with Gasteiger partial charge in [0.15, 0.2) is 0 Å². The van der Waals surface area contributed by atoms with E-state index in [2.05, 4.69) is 4.72 Å². The molecule has 0 fully saturated rings. The van der Waals surface area contributed by atoms with Crippen molar-refractivity contribution in [1.82, 2.24) is 0 Å². The van der Waals surface area contributed by atoms with Gasteiger partial charge in [0.1, 0.15) is 5.82 Å². The summed E-state index contributed by atoms with van der Waals surface area (Å²) in [6.07, 6.45) is 0. The predicted molar refractivity (Wildman–Crippen MR) is 82.5 cm³/mol. The number of nitrogens with one attached hydrogen (secondary N) is 1. The lowest BCUT2D eigenvalue weighted by Gasteiger charge is -2.15. The summed E-state index contributed by atoms with van der Waals surface area (Å²) < 4.78 is 40.7. The predicted octanol–water partition coefficient (Wildman–Crippen LogP) is 4.06. The standard InChI is InChI=1S/C16H18FNO2S/c1-11(2)14-6-4-5-7-15(14)18-21(19,20)16-9-8-13(17)10-12(16)3/h4-11,18H,1-3H3. The molecule has 0 saturated carbocycles. The molecule has 0 aliphatic rings. The van der Waals surface area contributed by atoms with Gasteiger partial charge in [0.2, 0.25) is 0 Å². The minimum Gasteiger partial charge on any atom is -0.279 e. The van der Waals surface area contributed by atoms with Crippen molar-refractivity contribution in [3.63, 3.8) is 0 Å².